The van der Waals surface area contributed by atoms with Crippen LogP contribution in [0.15, 0.2) is 17.5 Å². The van der Waals surface area contributed by atoms with Crippen LogP contribution in [-0.2, 0) is 4.79 Å². The van der Waals surface area contributed by atoms with Crippen LogP contribution in [0.3, 0.4) is 0 Å². The number of nitrogens with one attached hydrogen (secondary N) is 3. The van der Waals surface area contributed by atoms with Gasteiger partial charge in [0.2, 0.25) is 5.91 Å². The van der Waals surface area contributed by atoms with Gasteiger partial charge in [-0.05, 0) is 37.4 Å². The fourth-order valence-electron chi connectivity index (χ4n) is 2.88. The smallest absolute Gasteiger partial charge is 0.315 e. The van der Waals surface area contributed by atoms with Gasteiger partial charge in [0.05, 0.1) is 6.04 Å². The highest BCUT2D eigenvalue weighted by atomic mass is 32.1. The first-order chi connectivity index (χ1) is 10.2. The molecule has 6 nitrogen and oxygen atoms in total. The molecule has 0 radical (unpaired) electrons. The molecule has 3 heterocycles. The van der Waals surface area contributed by atoms with Gasteiger partial charge < -0.3 is 16.0 Å². The predicted octanol–water partition coefficient (Wildman–Crippen LogP) is 0.683. The highest BCUT2D eigenvalue weighted by molar-refractivity contribution is 7.10. The summed E-state index contributed by atoms with van der Waals surface area (Å²) < 4.78 is 0. The molecule has 2 atom stereocenters. The van der Waals surface area contributed by atoms with E-state index in [9.17, 15) is 9.59 Å². The Morgan fingerprint density at radius 2 is 2.29 bits per heavy atom. The molecule has 3 N–H and O–H groups in total. The molecule has 0 aliphatic carbocycles. The lowest BCUT2D eigenvalue weighted by Crippen LogP contribution is -2.45. The third-order valence-corrected chi connectivity index (χ3v) is 4.98. The second-order valence-electron chi connectivity index (χ2n) is 5.43. The van der Waals surface area contributed by atoms with Crippen LogP contribution in [0.4, 0.5) is 4.79 Å². The molecule has 7 heteroatoms. The highest BCUT2D eigenvalue weighted by Gasteiger charge is 2.29. The van der Waals surface area contributed by atoms with E-state index < -0.39 is 6.04 Å². The van der Waals surface area contributed by atoms with Crippen molar-refractivity contribution in [2.45, 2.75) is 24.9 Å². The van der Waals surface area contributed by atoms with Crippen LogP contribution in [0, 0.1) is 0 Å². The summed E-state index contributed by atoms with van der Waals surface area (Å²) in [6, 6.07) is 3.68. The number of hydrogen-bond acceptors (Lipinski definition) is 4. The molecular formula is C14H20N4O2S. The van der Waals surface area contributed by atoms with E-state index in [1.54, 1.807) is 11.3 Å². The van der Waals surface area contributed by atoms with Crippen LogP contribution in [0.1, 0.15) is 23.8 Å². The molecule has 2 aliphatic heterocycles. The number of nitrogens with zero attached hydrogens (tertiary/aromatic N) is 1. The van der Waals surface area contributed by atoms with Crippen molar-refractivity contribution in [3.05, 3.63) is 22.4 Å². The molecule has 0 bridgehead atoms. The predicted molar refractivity (Wildman–Crippen MR) is 81.2 cm³/mol. The Morgan fingerprint density at radius 3 is 2.90 bits per heavy atom. The molecule has 0 aromatic carbocycles. The minimum Gasteiger partial charge on any atom is -0.352 e. The lowest BCUT2D eigenvalue weighted by molar-refractivity contribution is -0.122. The Morgan fingerprint density at radius 1 is 1.48 bits per heavy atom. The monoisotopic (exact) mass is 308 g/mol. The summed E-state index contributed by atoms with van der Waals surface area (Å²) >= 11 is 1.73. The summed E-state index contributed by atoms with van der Waals surface area (Å²) in [7, 11) is 0. The van der Waals surface area contributed by atoms with E-state index in [-0.39, 0.29) is 18.0 Å². The average Bonchev–Trinajstić information content (AvgIpc) is 3.21. The van der Waals surface area contributed by atoms with Crippen molar-refractivity contribution in [1.82, 2.24) is 20.9 Å². The van der Waals surface area contributed by atoms with Gasteiger partial charge in [-0.1, -0.05) is 6.07 Å². The molecule has 2 saturated heterocycles. The maximum absolute atomic E-state index is 12.1. The zero-order chi connectivity index (χ0) is 14.7. The Balaban J connectivity index is 1.59. The summed E-state index contributed by atoms with van der Waals surface area (Å²) in [5.41, 5.74) is 0. The summed E-state index contributed by atoms with van der Waals surface area (Å²) in [5, 5.41) is 10.3. The van der Waals surface area contributed by atoms with Crippen LogP contribution >= 0.6 is 11.3 Å². The van der Waals surface area contributed by atoms with Gasteiger partial charge in [0.25, 0.3) is 0 Å². The van der Waals surface area contributed by atoms with Crippen molar-refractivity contribution in [1.29, 1.82) is 0 Å². The topological polar surface area (TPSA) is 73.5 Å². The fraction of sp³-hybridized carbons (Fsp3) is 0.571. The van der Waals surface area contributed by atoms with Crippen molar-refractivity contribution in [3.63, 3.8) is 0 Å². The molecule has 2 fully saturated rings. The Bertz CT molecular complexity index is 499. The molecule has 1 aromatic rings. The zero-order valence-corrected chi connectivity index (χ0v) is 12.6. The van der Waals surface area contributed by atoms with E-state index in [1.807, 2.05) is 6.07 Å². The first-order valence-corrected chi connectivity index (χ1v) is 8.21. The van der Waals surface area contributed by atoms with Gasteiger partial charge in [-0.25, -0.2) is 4.79 Å². The number of hydrogen-bond donors (Lipinski definition) is 3. The molecule has 0 unspecified atom stereocenters. The second-order valence-corrected chi connectivity index (χ2v) is 6.41. The normalized spacial score (nSPS) is 23.6. The number of urea groups is 1. The summed E-state index contributed by atoms with van der Waals surface area (Å²) in [6.45, 7) is 3.12. The summed E-state index contributed by atoms with van der Waals surface area (Å²) in [4.78, 5) is 26.9. The molecule has 0 saturated carbocycles. The quantitative estimate of drug-likeness (QED) is 0.749. The zero-order valence-electron chi connectivity index (χ0n) is 11.8. The van der Waals surface area contributed by atoms with Gasteiger partial charge in [0, 0.05) is 18.0 Å². The molecule has 114 valence electrons. The average molecular weight is 308 g/mol. The molecule has 21 heavy (non-hydrogen) atoms. The van der Waals surface area contributed by atoms with Gasteiger partial charge in [-0.2, -0.15) is 0 Å². The number of amides is 3. The van der Waals surface area contributed by atoms with Crippen molar-refractivity contribution in [2.75, 3.05) is 26.2 Å². The molecule has 0 spiro atoms. The molecule has 3 rings (SSSR count). The number of rotatable bonds is 5. The van der Waals surface area contributed by atoms with E-state index >= 15 is 0 Å². The number of carbonyl (C=O) groups excluding carboxylic acids is 2. The lowest BCUT2D eigenvalue weighted by Gasteiger charge is -2.27. The molecule has 1 aromatic heterocycles. The van der Waals surface area contributed by atoms with Crippen molar-refractivity contribution in [2.24, 2.45) is 0 Å². The van der Waals surface area contributed by atoms with Crippen LogP contribution in [0.2, 0.25) is 0 Å². The van der Waals surface area contributed by atoms with Gasteiger partial charge in [0.1, 0.15) is 6.04 Å². The molecular weight excluding hydrogens is 288 g/mol. The second kappa shape index (κ2) is 6.44. The standard InChI is InChI=1S/C14H20N4O2S/c19-13(10-8-16-14(20)17-10)15-9-11(12-4-3-7-21-12)18-5-1-2-6-18/h3-4,7,10-11H,1-2,5-6,8-9H2,(H,15,19)(H2,16,17,20)/t10-,11+/m1/s1. The SMILES string of the molecule is O=C1NC[C@H](C(=O)NC[C@@H](c2cccs2)N2CCCC2)N1. The van der Waals surface area contributed by atoms with E-state index in [0.29, 0.717) is 13.1 Å². The van der Waals surface area contributed by atoms with Gasteiger partial charge in [0.15, 0.2) is 0 Å². The fourth-order valence-corrected chi connectivity index (χ4v) is 3.74. The number of thiophene rings is 1. The van der Waals surface area contributed by atoms with E-state index in [1.165, 1.54) is 17.7 Å². The Kier molecular flexibility index (Phi) is 4.40. The van der Waals surface area contributed by atoms with Gasteiger partial charge >= 0.3 is 6.03 Å². The van der Waals surface area contributed by atoms with Crippen molar-refractivity contribution < 1.29 is 9.59 Å². The number of likely N-dealkylation sites (tertiary alicyclic amines) is 1. The van der Waals surface area contributed by atoms with E-state index in [4.69, 9.17) is 0 Å². The van der Waals surface area contributed by atoms with Crippen molar-refractivity contribution in [3.8, 4) is 0 Å². The third kappa shape index (κ3) is 3.36. The first kappa shape index (κ1) is 14.3. The Labute approximate surface area is 127 Å². The van der Waals surface area contributed by atoms with Crippen LogP contribution < -0.4 is 16.0 Å². The van der Waals surface area contributed by atoms with Crippen LogP contribution in [0.25, 0.3) is 0 Å². The highest BCUT2D eigenvalue weighted by Crippen LogP contribution is 2.27. The van der Waals surface area contributed by atoms with Crippen LogP contribution in [-0.4, -0.2) is 49.1 Å². The largest absolute Gasteiger partial charge is 0.352 e. The third-order valence-electron chi connectivity index (χ3n) is 4.01. The summed E-state index contributed by atoms with van der Waals surface area (Å²) in [6.07, 6.45) is 2.44. The van der Waals surface area contributed by atoms with Crippen molar-refractivity contribution >= 4 is 23.3 Å². The first-order valence-electron chi connectivity index (χ1n) is 7.33. The van der Waals surface area contributed by atoms with E-state index in [0.717, 1.165) is 13.1 Å². The minimum absolute atomic E-state index is 0.117. The molecule has 3 amide bonds. The maximum atomic E-state index is 12.1. The lowest BCUT2D eigenvalue weighted by atomic mass is 10.2. The minimum atomic E-state index is -0.458. The Hall–Kier alpha value is -1.60. The maximum Gasteiger partial charge on any atom is 0.315 e. The van der Waals surface area contributed by atoms with Crippen LogP contribution in [0.5, 0.6) is 0 Å². The summed E-state index contributed by atoms with van der Waals surface area (Å²) in [5.74, 6) is -0.117. The van der Waals surface area contributed by atoms with Gasteiger partial charge in [-0.3, -0.25) is 9.69 Å². The van der Waals surface area contributed by atoms with Gasteiger partial charge in [-0.15, -0.1) is 11.3 Å². The van der Waals surface area contributed by atoms with E-state index in [2.05, 4.69) is 32.3 Å². The number of carbonyl (C=O) groups is 2. The molecule has 2 aliphatic rings.